The van der Waals surface area contributed by atoms with Gasteiger partial charge in [-0.3, -0.25) is 13.8 Å². The number of phosphoric acid groups is 1. The SMILES string of the molecule is CCCCCCC/C=C/CC/C=C/C(O)C(COP(=O)(O)OCC[N+](C)(C)C)NC(=O)CCCCCCCCCCCCCCCCCCC/C=C\C/C=C\CCCCCCCCCCC. The molecule has 0 aliphatic rings. The van der Waals surface area contributed by atoms with Gasteiger partial charge in [-0.15, -0.1) is 0 Å². The van der Waals surface area contributed by atoms with E-state index in [2.05, 4.69) is 55.6 Å². The second-order valence-corrected chi connectivity index (χ2v) is 21.8. The van der Waals surface area contributed by atoms with Gasteiger partial charge in [0.2, 0.25) is 5.91 Å². The van der Waals surface area contributed by atoms with Gasteiger partial charge in [0.15, 0.2) is 0 Å². The summed E-state index contributed by atoms with van der Waals surface area (Å²) in [7, 11) is 1.56. The number of aliphatic hydroxyl groups is 1. The van der Waals surface area contributed by atoms with Crippen LogP contribution in [0.15, 0.2) is 48.6 Å². The summed E-state index contributed by atoms with van der Waals surface area (Å²) in [5, 5.41) is 13.8. The molecular weight excluding hydrogens is 840 g/mol. The first-order valence-electron chi connectivity index (χ1n) is 28.0. The minimum Gasteiger partial charge on any atom is -0.387 e. The molecule has 0 aromatic rings. The monoisotopic (exact) mass is 950 g/mol. The Labute approximate surface area is 409 Å². The molecule has 1 amide bonds. The van der Waals surface area contributed by atoms with Crippen LogP contribution in [0.4, 0.5) is 0 Å². The Morgan fingerprint density at radius 3 is 1.30 bits per heavy atom. The zero-order valence-electron chi connectivity index (χ0n) is 44.2. The molecule has 9 heteroatoms. The summed E-state index contributed by atoms with van der Waals surface area (Å²) in [6.07, 6.45) is 63.8. The maximum atomic E-state index is 12.9. The van der Waals surface area contributed by atoms with E-state index in [1.54, 1.807) is 6.08 Å². The van der Waals surface area contributed by atoms with E-state index in [1.165, 1.54) is 193 Å². The van der Waals surface area contributed by atoms with Crippen molar-refractivity contribution in [2.24, 2.45) is 0 Å². The number of carbonyl (C=O) groups is 1. The van der Waals surface area contributed by atoms with E-state index in [0.29, 0.717) is 17.4 Å². The number of hydrogen-bond acceptors (Lipinski definition) is 5. The fourth-order valence-corrected chi connectivity index (χ4v) is 8.82. The van der Waals surface area contributed by atoms with Gasteiger partial charge >= 0.3 is 7.82 Å². The van der Waals surface area contributed by atoms with E-state index in [1.807, 2.05) is 27.2 Å². The fraction of sp³-hybridized carbons (Fsp3) is 0.842. The molecule has 0 aromatic heterocycles. The van der Waals surface area contributed by atoms with Crippen LogP contribution in [0.5, 0.6) is 0 Å². The molecule has 0 aliphatic carbocycles. The minimum atomic E-state index is -4.35. The largest absolute Gasteiger partial charge is 0.472 e. The van der Waals surface area contributed by atoms with Gasteiger partial charge in [0.25, 0.3) is 0 Å². The van der Waals surface area contributed by atoms with Gasteiger partial charge in [-0.25, -0.2) is 4.57 Å². The fourth-order valence-electron chi connectivity index (χ4n) is 8.09. The lowest BCUT2D eigenvalue weighted by Gasteiger charge is -2.25. The summed E-state index contributed by atoms with van der Waals surface area (Å²) in [4.78, 5) is 23.2. The van der Waals surface area contributed by atoms with Gasteiger partial charge in [-0.1, -0.05) is 236 Å². The molecule has 66 heavy (non-hydrogen) atoms. The van der Waals surface area contributed by atoms with Gasteiger partial charge in [-0.2, -0.15) is 0 Å². The summed E-state index contributed by atoms with van der Waals surface area (Å²) in [5.74, 6) is -0.187. The smallest absolute Gasteiger partial charge is 0.387 e. The lowest BCUT2D eigenvalue weighted by Crippen LogP contribution is -2.45. The molecule has 0 saturated heterocycles. The van der Waals surface area contributed by atoms with E-state index in [0.717, 1.165) is 44.9 Å². The Kier molecular flexibility index (Phi) is 47.4. The average Bonchev–Trinajstić information content (AvgIpc) is 3.28. The first kappa shape index (κ1) is 64.5. The van der Waals surface area contributed by atoms with Crippen molar-refractivity contribution in [1.29, 1.82) is 0 Å². The van der Waals surface area contributed by atoms with Crippen molar-refractivity contribution in [2.75, 3.05) is 40.9 Å². The van der Waals surface area contributed by atoms with E-state index in [9.17, 15) is 19.4 Å². The van der Waals surface area contributed by atoms with Gasteiger partial charge < -0.3 is 19.8 Å². The van der Waals surface area contributed by atoms with Crippen LogP contribution < -0.4 is 5.32 Å². The molecule has 388 valence electrons. The molecule has 0 aliphatic heterocycles. The Hall–Kier alpha value is -1.54. The first-order chi connectivity index (χ1) is 32.0. The molecular formula is C57H110N2O6P+. The van der Waals surface area contributed by atoms with Gasteiger partial charge in [-0.05, 0) is 64.2 Å². The van der Waals surface area contributed by atoms with Crippen LogP contribution >= 0.6 is 7.82 Å². The van der Waals surface area contributed by atoms with E-state index in [-0.39, 0.29) is 19.1 Å². The molecule has 0 spiro atoms. The Morgan fingerprint density at radius 1 is 0.515 bits per heavy atom. The summed E-state index contributed by atoms with van der Waals surface area (Å²) in [6, 6.07) is -0.861. The molecule has 3 unspecified atom stereocenters. The number of unbranched alkanes of at least 4 members (excludes halogenated alkanes) is 32. The van der Waals surface area contributed by atoms with Crippen molar-refractivity contribution >= 4 is 13.7 Å². The lowest BCUT2D eigenvalue weighted by molar-refractivity contribution is -0.870. The summed E-state index contributed by atoms with van der Waals surface area (Å²) in [5.41, 5.74) is 0. The highest BCUT2D eigenvalue weighted by Crippen LogP contribution is 2.43. The number of hydrogen-bond donors (Lipinski definition) is 3. The normalized spacial score (nSPS) is 14.3. The van der Waals surface area contributed by atoms with Gasteiger partial charge in [0.1, 0.15) is 13.2 Å². The van der Waals surface area contributed by atoms with Crippen molar-refractivity contribution in [2.45, 2.75) is 270 Å². The highest BCUT2D eigenvalue weighted by atomic mass is 31.2. The second-order valence-electron chi connectivity index (χ2n) is 20.3. The average molecular weight is 950 g/mol. The predicted octanol–water partition coefficient (Wildman–Crippen LogP) is 16.8. The molecule has 0 aromatic carbocycles. The highest BCUT2D eigenvalue weighted by molar-refractivity contribution is 7.47. The van der Waals surface area contributed by atoms with Crippen molar-refractivity contribution in [3.05, 3.63) is 48.6 Å². The molecule has 0 bridgehead atoms. The molecule has 0 radical (unpaired) electrons. The maximum Gasteiger partial charge on any atom is 0.472 e. The number of allylic oxidation sites excluding steroid dienone is 7. The highest BCUT2D eigenvalue weighted by Gasteiger charge is 2.27. The number of likely N-dealkylation sites (N-methyl/N-ethyl adjacent to an activating group) is 1. The third-order valence-electron chi connectivity index (χ3n) is 12.5. The standard InChI is InChI=1S/C57H109N2O6P/c1-6-8-10-12-14-16-18-19-20-21-22-23-24-25-26-27-28-29-30-31-32-33-34-35-36-37-38-39-41-43-45-47-49-51-57(61)58-55(54-65-66(62,63)64-53-52-59(3,4)5)56(60)50-48-46-44-42-40-17-15-13-11-9-7-2/h22-23,25-26,40,42,48,50,55-56,60H,6-21,24,27-39,41,43-47,49,51-54H2,1-5H3,(H-,58,61,62,63)/p+1/b23-22-,26-25-,42-40+,50-48+. The van der Waals surface area contributed by atoms with Crippen LogP contribution in [0, 0.1) is 0 Å². The summed E-state index contributed by atoms with van der Waals surface area (Å²) in [6.45, 7) is 4.78. The zero-order chi connectivity index (χ0) is 48.5. The van der Waals surface area contributed by atoms with Crippen LogP contribution in [0.3, 0.4) is 0 Å². The number of aliphatic hydroxyl groups excluding tert-OH is 1. The quantitative estimate of drug-likeness (QED) is 0.0243. The van der Waals surface area contributed by atoms with Crippen LogP contribution in [-0.4, -0.2) is 73.4 Å². The molecule has 0 rings (SSSR count). The third-order valence-corrected chi connectivity index (χ3v) is 13.5. The van der Waals surface area contributed by atoms with Crippen molar-refractivity contribution in [1.82, 2.24) is 5.32 Å². The molecule has 3 N–H and O–H groups in total. The number of phosphoric ester groups is 1. The number of nitrogens with one attached hydrogen (secondary N) is 1. The predicted molar refractivity (Wildman–Crippen MR) is 286 cm³/mol. The molecule has 0 fully saturated rings. The van der Waals surface area contributed by atoms with Crippen LogP contribution in [0.2, 0.25) is 0 Å². The van der Waals surface area contributed by atoms with E-state index < -0.39 is 20.0 Å². The number of nitrogens with zero attached hydrogens (tertiary/aromatic N) is 1. The minimum absolute atomic E-state index is 0.0560. The van der Waals surface area contributed by atoms with Crippen LogP contribution in [-0.2, 0) is 18.4 Å². The molecule has 0 heterocycles. The first-order valence-corrected chi connectivity index (χ1v) is 29.5. The van der Waals surface area contributed by atoms with E-state index in [4.69, 9.17) is 9.05 Å². The Bertz CT molecular complexity index is 1210. The Balaban J connectivity index is 3.99. The van der Waals surface area contributed by atoms with Crippen molar-refractivity contribution in [3.63, 3.8) is 0 Å². The third kappa shape index (κ3) is 50.3. The molecule has 0 saturated carbocycles. The van der Waals surface area contributed by atoms with E-state index >= 15 is 0 Å². The summed E-state index contributed by atoms with van der Waals surface area (Å²) >= 11 is 0. The van der Waals surface area contributed by atoms with Crippen LogP contribution in [0.25, 0.3) is 0 Å². The molecule has 3 atom stereocenters. The maximum absolute atomic E-state index is 12.9. The van der Waals surface area contributed by atoms with Crippen LogP contribution in [0.1, 0.15) is 258 Å². The van der Waals surface area contributed by atoms with Gasteiger partial charge in [0.05, 0.1) is 39.9 Å². The second kappa shape index (κ2) is 48.5. The number of amides is 1. The topological polar surface area (TPSA) is 105 Å². The van der Waals surface area contributed by atoms with Crippen molar-refractivity contribution in [3.8, 4) is 0 Å². The molecule has 8 nitrogen and oxygen atoms in total. The zero-order valence-corrected chi connectivity index (χ0v) is 45.1. The summed E-state index contributed by atoms with van der Waals surface area (Å²) < 4.78 is 23.6. The number of rotatable bonds is 51. The number of carbonyl (C=O) groups excluding carboxylic acids is 1. The van der Waals surface area contributed by atoms with Gasteiger partial charge in [0, 0.05) is 6.42 Å². The number of quaternary nitrogens is 1. The lowest BCUT2D eigenvalue weighted by atomic mass is 10.0. The van der Waals surface area contributed by atoms with Crippen molar-refractivity contribution < 1.29 is 32.9 Å². The Morgan fingerprint density at radius 2 is 0.879 bits per heavy atom.